The second-order valence-corrected chi connectivity index (χ2v) is 7.25. The Morgan fingerprint density at radius 2 is 1.95 bits per heavy atom. The van der Waals surface area contributed by atoms with Crippen molar-refractivity contribution in [2.75, 3.05) is 0 Å². The molecule has 2 saturated heterocycles. The largest absolute Gasteiger partial charge is 0.363 e. The third-order valence-corrected chi connectivity index (χ3v) is 5.52. The normalized spacial score (nSPS) is 28.5. The van der Waals surface area contributed by atoms with Crippen molar-refractivity contribution in [1.29, 1.82) is 0 Å². The zero-order chi connectivity index (χ0) is 15.0. The van der Waals surface area contributed by atoms with Crippen LogP contribution in [0.4, 0.5) is 5.82 Å². The van der Waals surface area contributed by atoms with Crippen molar-refractivity contribution in [3.8, 4) is 0 Å². The number of hydrogen-bond donors (Lipinski definition) is 2. The van der Waals surface area contributed by atoms with E-state index < -0.39 is 14.9 Å². The minimum absolute atomic E-state index is 0.0426. The zero-order valence-corrected chi connectivity index (χ0v) is 12.0. The van der Waals surface area contributed by atoms with Gasteiger partial charge in [0.25, 0.3) is 0 Å². The third kappa shape index (κ3) is 3.04. The van der Waals surface area contributed by atoms with Gasteiger partial charge in [0.05, 0.1) is 0 Å². The molecule has 9 heteroatoms. The highest BCUT2D eigenvalue weighted by Crippen LogP contribution is 2.27. The maximum atomic E-state index is 12.3. The molecule has 2 fully saturated rings. The molecule has 1 aromatic heterocycles. The monoisotopic (exact) mass is 312 g/mol. The zero-order valence-electron chi connectivity index (χ0n) is 11.2. The Balaban J connectivity index is 1.73. The highest BCUT2D eigenvalue weighted by atomic mass is 32.2. The number of rotatable bonds is 4. The summed E-state index contributed by atoms with van der Waals surface area (Å²) in [6, 6.07) is 2.98. The fraction of sp³-hybridized carbons (Fsp3) is 0.583. The molecule has 8 nitrogen and oxygen atoms in total. The molecule has 2 bridgehead atoms. The smallest absolute Gasteiger partial charge is 0.358 e. The van der Waals surface area contributed by atoms with E-state index in [0.717, 1.165) is 37.9 Å². The molecule has 2 atom stereocenters. The Labute approximate surface area is 122 Å². The third-order valence-electron chi connectivity index (χ3n) is 4.01. The van der Waals surface area contributed by atoms with Crippen LogP contribution < -0.4 is 10.0 Å². The van der Waals surface area contributed by atoms with Crippen LogP contribution in [0.2, 0.25) is 0 Å². The van der Waals surface area contributed by atoms with Crippen molar-refractivity contribution in [3.05, 3.63) is 28.4 Å². The van der Waals surface area contributed by atoms with Gasteiger partial charge in [-0.05, 0) is 41.7 Å². The first-order chi connectivity index (χ1) is 9.94. The van der Waals surface area contributed by atoms with Gasteiger partial charge >= 0.3 is 5.82 Å². The summed E-state index contributed by atoms with van der Waals surface area (Å²) < 4.78 is 27.2. The van der Waals surface area contributed by atoms with Gasteiger partial charge in [0.15, 0.2) is 6.20 Å². The summed E-state index contributed by atoms with van der Waals surface area (Å²) in [6.07, 6.45) is 4.74. The predicted molar refractivity (Wildman–Crippen MR) is 74.2 cm³/mol. The SMILES string of the molecule is O=[N+]([O-])c1ccc(S(=O)(=O)NC2CC3CCC(C2)N3)cn1. The number of nitrogens with zero attached hydrogens (tertiary/aromatic N) is 2. The standard InChI is InChI=1S/C12H16N4O4S/c17-16(18)12-4-3-11(7-13-12)21(19,20)15-10-5-8-1-2-9(6-10)14-8/h3-4,7-10,14-15H,1-2,5-6H2. The van der Waals surface area contributed by atoms with Gasteiger partial charge in [-0.15, -0.1) is 0 Å². The molecule has 2 N–H and O–H groups in total. The minimum atomic E-state index is -3.68. The number of piperidine rings is 1. The number of nitrogens with one attached hydrogen (secondary N) is 2. The summed E-state index contributed by atoms with van der Waals surface area (Å²) in [5.41, 5.74) is 0. The van der Waals surface area contributed by atoms with Gasteiger partial charge in [-0.1, -0.05) is 0 Å². The fourth-order valence-electron chi connectivity index (χ4n) is 3.08. The van der Waals surface area contributed by atoms with Gasteiger partial charge in [-0.25, -0.2) is 13.1 Å². The van der Waals surface area contributed by atoms with E-state index in [1.54, 1.807) is 0 Å². The molecule has 2 aliphatic heterocycles. The lowest BCUT2D eigenvalue weighted by Crippen LogP contribution is -2.47. The van der Waals surface area contributed by atoms with Crippen LogP contribution in [0.25, 0.3) is 0 Å². The highest BCUT2D eigenvalue weighted by molar-refractivity contribution is 7.89. The van der Waals surface area contributed by atoms with E-state index in [-0.39, 0.29) is 16.8 Å². The topological polar surface area (TPSA) is 114 Å². The molecular formula is C12H16N4O4S. The van der Waals surface area contributed by atoms with Crippen molar-refractivity contribution < 1.29 is 13.3 Å². The molecule has 1 aromatic rings. The Hall–Kier alpha value is -1.58. The first kappa shape index (κ1) is 14.4. The van der Waals surface area contributed by atoms with Crippen molar-refractivity contribution in [2.24, 2.45) is 0 Å². The molecule has 0 radical (unpaired) electrons. The summed E-state index contributed by atoms with van der Waals surface area (Å²) >= 11 is 0. The van der Waals surface area contributed by atoms with E-state index in [1.165, 1.54) is 6.07 Å². The number of sulfonamides is 1. The number of pyridine rings is 1. The molecule has 0 spiro atoms. The van der Waals surface area contributed by atoms with Gasteiger partial charge in [0, 0.05) is 24.2 Å². The van der Waals surface area contributed by atoms with Gasteiger partial charge in [0.1, 0.15) is 4.90 Å². The van der Waals surface area contributed by atoms with Crippen LogP contribution in [0.5, 0.6) is 0 Å². The van der Waals surface area contributed by atoms with Crippen molar-refractivity contribution in [1.82, 2.24) is 15.0 Å². The lowest BCUT2D eigenvalue weighted by molar-refractivity contribution is -0.389. The molecule has 3 rings (SSSR count). The average molecular weight is 312 g/mol. The molecular weight excluding hydrogens is 296 g/mol. The van der Waals surface area contributed by atoms with Crippen LogP contribution in [-0.2, 0) is 10.0 Å². The minimum Gasteiger partial charge on any atom is -0.358 e. The second kappa shape index (κ2) is 5.32. The van der Waals surface area contributed by atoms with Crippen LogP contribution in [-0.4, -0.2) is 36.5 Å². The number of hydrogen-bond acceptors (Lipinski definition) is 6. The van der Waals surface area contributed by atoms with E-state index in [2.05, 4.69) is 15.0 Å². The Bertz CT molecular complexity index is 634. The second-order valence-electron chi connectivity index (χ2n) is 5.54. The number of aromatic nitrogens is 1. The summed E-state index contributed by atoms with van der Waals surface area (Å²) in [5.74, 6) is -0.367. The Morgan fingerprint density at radius 3 is 2.48 bits per heavy atom. The Kier molecular flexibility index (Phi) is 3.64. The molecule has 0 saturated carbocycles. The molecule has 114 valence electrons. The van der Waals surface area contributed by atoms with Crippen LogP contribution in [0.3, 0.4) is 0 Å². The molecule has 3 heterocycles. The average Bonchev–Trinajstić information content (AvgIpc) is 2.77. The molecule has 2 aliphatic rings. The summed E-state index contributed by atoms with van der Waals surface area (Å²) in [6.45, 7) is 0. The van der Waals surface area contributed by atoms with Gasteiger partial charge < -0.3 is 15.4 Å². The van der Waals surface area contributed by atoms with Crippen LogP contribution in [0, 0.1) is 10.1 Å². The van der Waals surface area contributed by atoms with Crippen molar-refractivity contribution in [2.45, 2.75) is 48.7 Å². The van der Waals surface area contributed by atoms with Gasteiger partial charge in [-0.3, -0.25) is 0 Å². The summed E-state index contributed by atoms with van der Waals surface area (Å²) in [7, 11) is -3.68. The fourth-order valence-corrected chi connectivity index (χ4v) is 4.29. The van der Waals surface area contributed by atoms with Crippen molar-refractivity contribution in [3.63, 3.8) is 0 Å². The Morgan fingerprint density at radius 1 is 1.29 bits per heavy atom. The highest BCUT2D eigenvalue weighted by Gasteiger charge is 2.35. The quantitative estimate of drug-likeness (QED) is 0.620. The first-order valence-electron chi connectivity index (χ1n) is 6.83. The van der Waals surface area contributed by atoms with E-state index in [4.69, 9.17) is 0 Å². The molecule has 0 aromatic carbocycles. The van der Waals surface area contributed by atoms with Crippen LogP contribution in [0.15, 0.2) is 23.2 Å². The number of nitro groups is 1. The lowest BCUT2D eigenvalue weighted by Gasteiger charge is -2.29. The van der Waals surface area contributed by atoms with Gasteiger partial charge in [0.2, 0.25) is 10.0 Å². The van der Waals surface area contributed by atoms with Crippen molar-refractivity contribution >= 4 is 15.8 Å². The lowest BCUT2D eigenvalue weighted by atomic mass is 10.0. The summed E-state index contributed by atoms with van der Waals surface area (Å²) in [4.78, 5) is 13.4. The van der Waals surface area contributed by atoms with Crippen LogP contribution >= 0.6 is 0 Å². The van der Waals surface area contributed by atoms with E-state index in [9.17, 15) is 18.5 Å². The maximum absolute atomic E-state index is 12.3. The predicted octanol–water partition coefficient (Wildman–Crippen LogP) is 0.551. The first-order valence-corrected chi connectivity index (χ1v) is 8.31. The van der Waals surface area contributed by atoms with E-state index in [0.29, 0.717) is 12.1 Å². The molecule has 0 amide bonds. The molecule has 21 heavy (non-hydrogen) atoms. The summed E-state index contributed by atoms with van der Waals surface area (Å²) in [5, 5.41) is 14.0. The molecule has 2 unspecified atom stereocenters. The van der Waals surface area contributed by atoms with E-state index in [1.807, 2.05) is 0 Å². The molecule has 0 aliphatic carbocycles. The number of fused-ring (bicyclic) bond motifs is 2. The van der Waals surface area contributed by atoms with Crippen LogP contribution in [0.1, 0.15) is 25.7 Å². The maximum Gasteiger partial charge on any atom is 0.363 e. The van der Waals surface area contributed by atoms with Gasteiger partial charge in [-0.2, -0.15) is 0 Å². The van der Waals surface area contributed by atoms with E-state index >= 15 is 0 Å².